The average molecular weight is 267 g/mol. The largest absolute Gasteiger partial charge is 0.394 e. The molecular weight excluding hydrogens is 242 g/mol. The second kappa shape index (κ2) is 5.61. The predicted molar refractivity (Wildman–Crippen MR) is 73.9 cm³/mol. The Kier molecular flexibility index (Phi) is 4.28. The fourth-order valence-corrected chi connectivity index (χ4v) is 2.25. The Labute approximate surface area is 115 Å². The number of hydrogen-bond acceptors (Lipinski definition) is 4. The number of morpholine rings is 1. The van der Waals surface area contributed by atoms with Gasteiger partial charge in [0.25, 0.3) is 0 Å². The van der Waals surface area contributed by atoms with E-state index >= 15 is 0 Å². The molecule has 2 rings (SSSR count). The first kappa shape index (κ1) is 14.5. The summed E-state index contributed by atoms with van der Waals surface area (Å²) in [5.74, 6) is 0. The van der Waals surface area contributed by atoms with Gasteiger partial charge >= 0.3 is 0 Å². The van der Waals surface area contributed by atoms with Gasteiger partial charge in [-0.15, -0.1) is 0 Å². The molecule has 1 N–H and O–H groups in total. The summed E-state index contributed by atoms with van der Waals surface area (Å²) in [6.45, 7) is 11.0. The molecule has 5 heteroatoms. The standard InChI is InChI=1S/C14H25N3O2/c1-11-10-19-13(9-18)8-16(11)6-12-5-15-17(7-12)14(2,3)4/h5,7,11,13,18H,6,8-10H2,1-4H3. The summed E-state index contributed by atoms with van der Waals surface area (Å²) >= 11 is 0. The van der Waals surface area contributed by atoms with Crippen molar-refractivity contribution in [3.05, 3.63) is 18.0 Å². The Morgan fingerprint density at radius 3 is 2.79 bits per heavy atom. The number of aliphatic hydroxyl groups excluding tert-OH is 1. The monoisotopic (exact) mass is 267 g/mol. The van der Waals surface area contributed by atoms with Crippen molar-refractivity contribution < 1.29 is 9.84 Å². The number of aliphatic hydroxyl groups is 1. The van der Waals surface area contributed by atoms with Crippen molar-refractivity contribution in [1.29, 1.82) is 0 Å². The zero-order valence-electron chi connectivity index (χ0n) is 12.3. The Bertz CT molecular complexity index is 411. The van der Waals surface area contributed by atoms with Crippen molar-refractivity contribution >= 4 is 0 Å². The molecule has 5 nitrogen and oxygen atoms in total. The molecule has 0 saturated carbocycles. The van der Waals surface area contributed by atoms with Gasteiger partial charge in [-0.2, -0.15) is 5.10 Å². The molecule has 1 fully saturated rings. The van der Waals surface area contributed by atoms with E-state index in [2.05, 4.69) is 43.9 Å². The van der Waals surface area contributed by atoms with E-state index in [9.17, 15) is 5.11 Å². The minimum absolute atomic E-state index is 0.0164. The Morgan fingerprint density at radius 2 is 2.21 bits per heavy atom. The fourth-order valence-electron chi connectivity index (χ4n) is 2.25. The maximum atomic E-state index is 9.20. The lowest BCUT2D eigenvalue weighted by Gasteiger charge is -2.37. The molecule has 1 aliphatic rings. The molecule has 0 aromatic carbocycles. The van der Waals surface area contributed by atoms with Gasteiger partial charge in [-0.25, -0.2) is 0 Å². The number of nitrogens with zero attached hydrogens (tertiary/aromatic N) is 3. The van der Waals surface area contributed by atoms with Crippen LogP contribution < -0.4 is 0 Å². The quantitative estimate of drug-likeness (QED) is 0.894. The molecule has 0 amide bonds. The van der Waals surface area contributed by atoms with Crippen molar-refractivity contribution in [2.24, 2.45) is 0 Å². The number of hydrogen-bond donors (Lipinski definition) is 1. The average Bonchev–Trinajstić information content (AvgIpc) is 2.80. The van der Waals surface area contributed by atoms with E-state index < -0.39 is 0 Å². The highest BCUT2D eigenvalue weighted by Crippen LogP contribution is 2.17. The van der Waals surface area contributed by atoms with Crippen LogP contribution in [0.15, 0.2) is 12.4 Å². The van der Waals surface area contributed by atoms with Gasteiger partial charge in [-0.3, -0.25) is 9.58 Å². The molecule has 2 heterocycles. The third-order valence-corrected chi connectivity index (χ3v) is 3.55. The molecule has 0 bridgehead atoms. The molecular formula is C14H25N3O2. The second-order valence-corrected chi connectivity index (χ2v) is 6.38. The van der Waals surface area contributed by atoms with Gasteiger partial charge in [0.05, 0.1) is 31.1 Å². The first-order valence-corrected chi connectivity index (χ1v) is 6.90. The van der Waals surface area contributed by atoms with E-state index in [0.717, 1.165) is 13.1 Å². The summed E-state index contributed by atoms with van der Waals surface area (Å²) in [5, 5.41) is 13.6. The smallest absolute Gasteiger partial charge is 0.0933 e. The Morgan fingerprint density at radius 1 is 1.47 bits per heavy atom. The lowest BCUT2D eigenvalue weighted by molar-refractivity contribution is -0.0805. The molecule has 2 unspecified atom stereocenters. The third-order valence-electron chi connectivity index (χ3n) is 3.55. The number of rotatable bonds is 3. The van der Waals surface area contributed by atoms with Crippen molar-refractivity contribution in [3.63, 3.8) is 0 Å². The van der Waals surface area contributed by atoms with Crippen LogP contribution in [0.1, 0.15) is 33.3 Å². The highest BCUT2D eigenvalue weighted by Gasteiger charge is 2.26. The zero-order chi connectivity index (χ0) is 14.0. The van der Waals surface area contributed by atoms with Gasteiger partial charge in [0.1, 0.15) is 0 Å². The number of aromatic nitrogens is 2. The van der Waals surface area contributed by atoms with Crippen molar-refractivity contribution in [2.75, 3.05) is 19.8 Å². The van der Waals surface area contributed by atoms with Crippen LogP contribution in [0.5, 0.6) is 0 Å². The van der Waals surface area contributed by atoms with Crippen LogP contribution >= 0.6 is 0 Å². The van der Waals surface area contributed by atoms with E-state index in [1.807, 2.05) is 10.9 Å². The van der Waals surface area contributed by atoms with Crippen LogP contribution in [0.25, 0.3) is 0 Å². The van der Waals surface area contributed by atoms with Crippen LogP contribution in [-0.4, -0.2) is 51.7 Å². The Hall–Kier alpha value is -0.910. The molecule has 0 radical (unpaired) electrons. The first-order valence-electron chi connectivity index (χ1n) is 6.90. The molecule has 0 aliphatic carbocycles. The zero-order valence-corrected chi connectivity index (χ0v) is 12.3. The summed E-state index contributed by atoms with van der Waals surface area (Å²) in [4.78, 5) is 2.34. The van der Waals surface area contributed by atoms with E-state index in [-0.39, 0.29) is 18.2 Å². The van der Waals surface area contributed by atoms with E-state index in [1.165, 1.54) is 5.56 Å². The molecule has 1 aromatic rings. The van der Waals surface area contributed by atoms with Gasteiger partial charge in [0.15, 0.2) is 0 Å². The summed E-state index contributed by atoms with van der Waals surface area (Å²) in [5.41, 5.74) is 1.23. The summed E-state index contributed by atoms with van der Waals surface area (Å²) in [6.07, 6.45) is 3.98. The third kappa shape index (κ3) is 3.55. The second-order valence-electron chi connectivity index (χ2n) is 6.38. The first-order chi connectivity index (χ1) is 8.90. The van der Waals surface area contributed by atoms with Gasteiger partial charge in [0.2, 0.25) is 0 Å². The molecule has 1 aromatic heterocycles. The van der Waals surface area contributed by atoms with Crippen LogP contribution in [-0.2, 0) is 16.8 Å². The predicted octanol–water partition coefficient (Wildman–Crippen LogP) is 1.22. The van der Waals surface area contributed by atoms with Crippen molar-refractivity contribution in [2.45, 2.75) is 51.9 Å². The van der Waals surface area contributed by atoms with Crippen LogP contribution in [0.2, 0.25) is 0 Å². The Balaban J connectivity index is 2.01. The van der Waals surface area contributed by atoms with Gasteiger partial charge in [-0.1, -0.05) is 0 Å². The SMILES string of the molecule is CC1COC(CO)CN1Cc1cnn(C(C)(C)C)c1. The van der Waals surface area contributed by atoms with E-state index in [0.29, 0.717) is 12.6 Å². The van der Waals surface area contributed by atoms with Crippen LogP contribution in [0, 0.1) is 0 Å². The summed E-state index contributed by atoms with van der Waals surface area (Å²) < 4.78 is 7.55. The van der Waals surface area contributed by atoms with Crippen molar-refractivity contribution in [1.82, 2.24) is 14.7 Å². The van der Waals surface area contributed by atoms with Gasteiger partial charge in [-0.05, 0) is 27.7 Å². The minimum atomic E-state index is -0.0612. The van der Waals surface area contributed by atoms with E-state index in [1.54, 1.807) is 0 Å². The lowest BCUT2D eigenvalue weighted by Crippen LogP contribution is -2.48. The fraction of sp³-hybridized carbons (Fsp3) is 0.786. The molecule has 2 atom stereocenters. The molecule has 108 valence electrons. The molecule has 19 heavy (non-hydrogen) atoms. The number of ether oxygens (including phenoxy) is 1. The molecule has 1 aliphatic heterocycles. The molecule has 0 spiro atoms. The lowest BCUT2D eigenvalue weighted by atomic mass is 10.1. The maximum Gasteiger partial charge on any atom is 0.0933 e. The van der Waals surface area contributed by atoms with Crippen molar-refractivity contribution in [3.8, 4) is 0 Å². The molecule has 1 saturated heterocycles. The van der Waals surface area contributed by atoms with Crippen LogP contribution in [0.3, 0.4) is 0 Å². The van der Waals surface area contributed by atoms with E-state index in [4.69, 9.17) is 4.74 Å². The topological polar surface area (TPSA) is 50.5 Å². The summed E-state index contributed by atoms with van der Waals surface area (Å²) in [7, 11) is 0. The highest BCUT2D eigenvalue weighted by atomic mass is 16.5. The highest BCUT2D eigenvalue weighted by molar-refractivity contribution is 5.06. The normalized spacial score (nSPS) is 25.7. The van der Waals surface area contributed by atoms with Gasteiger partial charge < -0.3 is 9.84 Å². The van der Waals surface area contributed by atoms with Gasteiger partial charge in [0, 0.05) is 30.9 Å². The van der Waals surface area contributed by atoms with Crippen LogP contribution in [0.4, 0.5) is 0 Å². The minimum Gasteiger partial charge on any atom is -0.394 e. The summed E-state index contributed by atoms with van der Waals surface area (Å²) in [6, 6.07) is 0.376. The maximum absolute atomic E-state index is 9.20.